The Bertz CT molecular complexity index is 464. The van der Waals surface area contributed by atoms with Crippen LogP contribution < -0.4 is 10.6 Å². The van der Waals surface area contributed by atoms with Crippen molar-refractivity contribution in [2.45, 2.75) is 45.1 Å². The number of fused-ring (bicyclic) bond motifs is 1. The Morgan fingerprint density at radius 1 is 1.17 bits per heavy atom. The molecule has 1 saturated carbocycles. The van der Waals surface area contributed by atoms with Crippen LogP contribution in [0, 0.1) is 12.8 Å². The largest absolute Gasteiger partial charge is 0.372 e. The number of amides is 1. The molecular formula is C15H20N2O. The molecule has 1 aliphatic heterocycles. The highest BCUT2D eigenvalue weighted by Crippen LogP contribution is 2.35. The summed E-state index contributed by atoms with van der Waals surface area (Å²) in [5.74, 6) is 0.631. The van der Waals surface area contributed by atoms with Crippen LogP contribution in [0.25, 0.3) is 0 Å². The first-order valence-corrected chi connectivity index (χ1v) is 6.93. The van der Waals surface area contributed by atoms with E-state index in [9.17, 15) is 4.79 Å². The summed E-state index contributed by atoms with van der Waals surface area (Å²) in [5, 5.41) is 6.52. The second-order valence-electron chi connectivity index (χ2n) is 5.51. The van der Waals surface area contributed by atoms with Gasteiger partial charge >= 0.3 is 0 Å². The number of aryl methyl sites for hydroxylation is 1. The summed E-state index contributed by atoms with van der Waals surface area (Å²) < 4.78 is 0. The molecule has 3 rings (SSSR count). The van der Waals surface area contributed by atoms with Crippen molar-refractivity contribution in [1.29, 1.82) is 0 Å². The Balaban J connectivity index is 1.86. The molecule has 1 aromatic carbocycles. The van der Waals surface area contributed by atoms with Gasteiger partial charge in [-0.2, -0.15) is 0 Å². The van der Waals surface area contributed by atoms with E-state index in [0.717, 1.165) is 11.4 Å². The second kappa shape index (κ2) is 4.63. The Kier molecular flexibility index (Phi) is 2.98. The molecule has 1 aliphatic carbocycles. The lowest BCUT2D eigenvalue weighted by Crippen LogP contribution is -2.44. The lowest BCUT2D eigenvalue weighted by Gasteiger charge is -2.35. The third-order valence-electron chi connectivity index (χ3n) is 4.23. The molecule has 0 spiro atoms. The highest BCUT2D eigenvalue weighted by Gasteiger charge is 2.33. The summed E-state index contributed by atoms with van der Waals surface area (Å²) in [6.07, 6.45) is 6.19. The van der Waals surface area contributed by atoms with Crippen molar-refractivity contribution < 1.29 is 4.79 Å². The Labute approximate surface area is 108 Å². The van der Waals surface area contributed by atoms with Gasteiger partial charge in [0.2, 0.25) is 5.91 Å². The first-order valence-electron chi connectivity index (χ1n) is 6.93. The number of carbonyl (C=O) groups is 1. The highest BCUT2D eigenvalue weighted by atomic mass is 16.2. The smallest absolute Gasteiger partial charge is 0.247 e. The minimum Gasteiger partial charge on any atom is -0.372 e. The van der Waals surface area contributed by atoms with Crippen molar-refractivity contribution in [2.75, 3.05) is 10.6 Å². The molecule has 0 saturated heterocycles. The number of nitrogens with one attached hydrogen (secondary N) is 2. The van der Waals surface area contributed by atoms with E-state index in [1.807, 2.05) is 12.1 Å². The van der Waals surface area contributed by atoms with Gasteiger partial charge in [0.05, 0.1) is 11.4 Å². The fourth-order valence-corrected chi connectivity index (χ4v) is 3.19. The van der Waals surface area contributed by atoms with E-state index in [0.29, 0.717) is 5.92 Å². The van der Waals surface area contributed by atoms with E-state index in [4.69, 9.17) is 0 Å². The highest BCUT2D eigenvalue weighted by molar-refractivity contribution is 6.03. The van der Waals surface area contributed by atoms with Gasteiger partial charge in [-0.3, -0.25) is 4.79 Å². The van der Waals surface area contributed by atoms with Gasteiger partial charge < -0.3 is 10.6 Å². The summed E-state index contributed by atoms with van der Waals surface area (Å²) in [6.45, 7) is 2.08. The first-order chi connectivity index (χ1) is 8.75. The number of benzene rings is 1. The van der Waals surface area contributed by atoms with Gasteiger partial charge in [0.1, 0.15) is 6.04 Å². The maximum atomic E-state index is 12.2. The van der Waals surface area contributed by atoms with Gasteiger partial charge in [0.15, 0.2) is 0 Å². The number of carbonyl (C=O) groups excluding carboxylic acids is 1. The van der Waals surface area contributed by atoms with Crippen LogP contribution in [0.1, 0.15) is 37.7 Å². The van der Waals surface area contributed by atoms with Gasteiger partial charge in [-0.05, 0) is 37.3 Å². The monoisotopic (exact) mass is 244 g/mol. The topological polar surface area (TPSA) is 41.1 Å². The molecule has 3 heteroatoms. The zero-order chi connectivity index (χ0) is 12.5. The molecule has 0 bridgehead atoms. The van der Waals surface area contributed by atoms with Crippen molar-refractivity contribution in [3.63, 3.8) is 0 Å². The van der Waals surface area contributed by atoms with E-state index < -0.39 is 0 Å². The third kappa shape index (κ3) is 1.98. The standard InChI is InChI=1S/C15H20N2O/c1-10-6-5-9-12-13(10)17-14(15(18)16-12)11-7-3-2-4-8-11/h5-6,9,11,14,17H,2-4,7-8H2,1H3,(H,16,18). The summed E-state index contributed by atoms with van der Waals surface area (Å²) >= 11 is 0. The minimum absolute atomic E-state index is 0.0427. The number of hydrogen-bond donors (Lipinski definition) is 2. The van der Waals surface area contributed by atoms with Gasteiger partial charge in [0.25, 0.3) is 0 Å². The predicted molar refractivity (Wildman–Crippen MR) is 73.8 cm³/mol. The van der Waals surface area contributed by atoms with Crippen molar-refractivity contribution in [1.82, 2.24) is 0 Å². The SMILES string of the molecule is Cc1cccc2c1NC(C1CCCCC1)C(=O)N2. The lowest BCUT2D eigenvalue weighted by molar-refractivity contribution is -0.118. The predicted octanol–water partition coefficient (Wildman–Crippen LogP) is 3.31. The molecule has 0 radical (unpaired) electrons. The van der Waals surface area contributed by atoms with Crippen molar-refractivity contribution in [2.24, 2.45) is 5.92 Å². The van der Waals surface area contributed by atoms with Crippen LogP contribution in [0.4, 0.5) is 11.4 Å². The first kappa shape index (κ1) is 11.6. The molecule has 1 heterocycles. The van der Waals surface area contributed by atoms with Crippen LogP contribution >= 0.6 is 0 Å². The molecule has 2 aliphatic rings. The number of hydrogen-bond acceptors (Lipinski definition) is 2. The van der Waals surface area contributed by atoms with E-state index in [2.05, 4.69) is 23.6 Å². The maximum Gasteiger partial charge on any atom is 0.247 e. The minimum atomic E-state index is -0.0427. The fraction of sp³-hybridized carbons (Fsp3) is 0.533. The van der Waals surface area contributed by atoms with Crippen molar-refractivity contribution in [3.05, 3.63) is 23.8 Å². The van der Waals surface area contributed by atoms with Gasteiger partial charge in [-0.25, -0.2) is 0 Å². The van der Waals surface area contributed by atoms with E-state index in [-0.39, 0.29) is 11.9 Å². The maximum absolute atomic E-state index is 12.2. The summed E-state index contributed by atoms with van der Waals surface area (Å²) in [6, 6.07) is 5.99. The molecule has 96 valence electrons. The molecule has 1 unspecified atom stereocenters. The summed E-state index contributed by atoms with van der Waals surface area (Å²) in [5.41, 5.74) is 3.23. The second-order valence-corrected chi connectivity index (χ2v) is 5.51. The van der Waals surface area contributed by atoms with Crippen LogP contribution in [0.5, 0.6) is 0 Å². The Hall–Kier alpha value is -1.51. The third-order valence-corrected chi connectivity index (χ3v) is 4.23. The van der Waals surface area contributed by atoms with Crippen LogP contribution in [0.15, 0.2) is 18.2 Å². The zero-order valence-electron chi connectivity index (χ0n) is 10.8. The number of rotatable bonds is 1. The molecule has 1 amide bonds. The van der Waals surface area contributed by atoms with Crippen LogP contribution in [0.2, 0.25) is 0 Å². The van der Waals surface area contributed by atoms with Crippen LogP contribution in [-0.4, -0.2) is 11.9 Å². The summed E-state index contributed by atoms with van der Waals surface area (Å²) in [4.78, 5) is 12.2. The average molecular weight is 244 g/mol. The average Bonchev–Trinajstić information content (AvgIpc) is 2.39. The molecule has 2 N–H and O–H groups in total. The van der Waals surface area contributed by atoms with Crippen molar-refractivity contribution in [3.8, 4) is 0 Å². The van der Waals surface area contributed by atoms with E-state index in [1.165, 1.54) is 37.7 Å². The molecule has 1 aromatic rings. The van der Waals surface area contributed by atoms with Gasteiger partial charge in [0, 0.05) is 0 Å². The molecule has 1 atom stereocenters. The molecule has 1 fully saturated rings. The van der Waals surface area contributed by atoms with E-state index in [1.54, 1.807) is 0 Å². The lowest BCUT2D eigenvalue weighted by atomic mass is 9.82. The number of para-hydroxylation sites is 1. The Morgan fingerprint density at radius 2 is 1.94 bits per heavy atom. The van der Waals surface area contributed by atoms with Crippen LogP contribution in [0.3, 0.4) is 0 Å². The number of anilines is 2. The molecule has 0 aromatic heterocycles. The zero-order valence-corrected chi connectivity index (χ0v) is 10.8. The van der Waals surface area contributed by atoms with Gasteiger partial charge in [-0.1, -0.05) is 31.4 Å². The van der Waals surface area contributed by atoms with Gasteiger partial charge in [-0.15, -0.1) is 0 Å². The molecule has 3 nitrogen and oxygen atoms in total. The van der Waals surface area contributed by atoms with E-state index >= 15 is 0 Å². The van der Waals surface area contributed by atoms with Crippen molar-refractivity contribution >= 4 is 17.3 Å². The quantitative estimate of drug-likeness (QED) is 0.795. The van der Waals surface area contributed by atoms with Crippen LogP contribution in [-0.2, 0) is 4.79 Å². The normalized spacial score (nSPS) is 24.1. The summed E-state index contributed by atoms with van der Waals surface area (Å²) in [7, 11) is 0. The molecule has 18 heavy (non-hydrogen) atoms. The molecular weight excluding hydrogens is 224 g/mol. The Morgan fingerprint density at radius 3 is 2.72 bits per heavy atom. The fourth-order valence-electron chi connectivity index (χ4n) is 3.19.